The van der Waals surface area contributed by atoms with Crippen molar-refractivity contribution in [2.75, 3.05) is 57.4 Å². The summed E-state index contributed by atoms with van der Waals surface area (Å²) in [5, 5.41) is 11.1. The number of aliphatic hydroxyl groups excluding tert-OH is 1. The van der Waals surface area contributed by atoms with E-state index in [1.54, 1.807) is 4.90 Å². The molecule has 138 valence electrons. The summed E-state index contributed by atoms with van der Waals surface area (Å²) in [5.41, 5.74) is 3.69. The number of aliphatic hydroxyl groups is 1. The van der Waals surface area contributed by atoms with E-state index in [0.29, 0.717) is 26.2 Å². The number of piperazine rings is 1. The maximum atomic E-state index is 12.2. The lowest BCUT2D eigenvalue weighted by atomic mass is 10.1. The number of hydrogen-bond donors (Lipinski definition) is 2. The predicted molar refractivity (Wildman–Crippen MR) is 95.6 cm³/mol. The molecule has 1 aliphatic heterocycles. The molecular formula is C18H27N3O4. The van der Waals surface area contributed by atoms with Crippen molar-refractivity contribution in [3.8, 4) is 0 Å². The van der Waals surface area contributed by atoms with Gasteiger partial charge in [0.05, 0.1) is 19.8 Å². The smallest absolute Gasteiger partial charge is 0.312 e. The summed E-state index contributed by atoms with van der Waals surface area (Å²) in [5.74, 6) is -1.10. The molecule has 1 aromatic rings. The van der Waals surface area contributed by atoms with Gasteiger partial charge in [0, 0.05) is 38.4 Å². The van der Waals surface area contributed by atoms with Crippen LogP contribution in [0, 0.1) is 13.8 Å². The van der Waals surface area contributed by atoms with Crippen molar-refractivity contribution >= 4 is 17.5 Å². The Labute approximate surface area is 148 Å². The molecule has 1 aliphatic rings. The van der Waals surface area contributed by atoms with E-state index >= 15 is 0 Å². The van der Waals surface area contributed by atoms with E-state index < -0.39 is 11.8 Å². The Balaban J connectivity index is 1.80. The third kappa shape index (κ3) is 5.17. The molecule has 0 aromatic heterocycles. The molecule has 2 amide bonds. The van der Waals surface area contributed by atoms with Crippen LogP contribution in [-0.4, -0.2) is 74.4 Å². The van der Waals surface area contributed by atoms with Crippen LogP contribution in [0.15, 0.2) is 18.2 Å². The number of hydrogen-bond acceptors (Lipinski definition) is 5. The summed E-state index contributed by atoms with van der Waals surface area (Å²) in [7, 11) is 0. The fraction of sp³-hybridized carbons (Fsp3) is 0.556. The monoisotopic (exact) mass is 349 g/mol. The predicted octanol–water partition coefficient (Wildman–Crippen LogP) is 0.0771. The summed E-state index contributed by atoms with van der Waals surface area (Å²) in [6.45, 7) is 7.38. The van der Waals surface area contributed by atoms with Gasteiger partial charge < -0.3 is 25.0 Å². The van der Waals surface area contributed by atoms with E-state index in [-0.39, 0.29) is 26.4 Å². The Kier molecular flexibility index (Phi) is 7.21. The lowest BCUT2D eigenvalue weighted by molar-refractivity contribution is -0.146. The molecule has 2 N–H and O–H groups in total. The van der Waals surface area contributed by atoms with Gasteiger partial charge in [-0.25, -0.2) is 0 Å². The Morgan fingerprint density at radius 2 is 1.88 bits per heavy atom. The number of aryl methyl sites for hydroxylation is 1. The Bertz CT molecular complexity index is 598. The molecule has 1 heterocycles. The molecule has 7 heteroatoms. The molecule has 0 radical (unpaired) electrons. The van der Waals surface area contributed by atoms with Crippen LogP contribution >= 0.6 is 0 Å². The van der Waals surface area contributed by atoms with Crippen LogP contribution in [0.1, 0.15) is 11.1 Å². The van der Waals surface area contributed by atoms with E-state index in [4.69, 9.17) is 9.84 Å². The van der Waals surface area contributed by atoms with Gasteiger partial charge in [-0.3, -0.25) is 9.59 Å². The van der Waals surface area contributed by atoms with Crippen molar-refractivity contribution in [1.82, 2.24) is 10.2 Å². The molecule has 0 aliphatic carbocycles. The van der Waals surface area contributed by atoms with Crippen LogP contribution in [0.3, 0.4) is 0 Å². The Morgan fingerprint density at radius 1 is 1.16 bits per heavy atom. The Hall–Kier alpha value is -2.12. The van der Waals surface area contributed by atoms with Crippen LogP contribution in [0.5, 0.6) is 0 Å². The lowest BCUT2D eigenvalue weighted by Gasteiger charge is -2.36. The second kappa shape index (κ2) is 9.39. The van der Waals surface area contributed by atoms with Crippen LogP contribution in [0.2, 0.25) is 0 Å². The fourth-order valence-electron chi connectivity index (χ4n) is 2.85. The number of rotatable bonds is 6. The first kappa shape index (κ1) is 19.2. The molecule has 1 saturated heterocycles. The number of ether oxygens (including phenoxy) is 1. The number of nitrogens with zero attached hydrogens (tertiary/aromatic N) is 2. The van der Waals surface area contributed by atoms with Crippen molar-refractivity contribution in [3.63, 3.8) is 0 Å². The zero-order valence-corrected chi connectivity index (χ0v) is 15.0. The second-order valence-corrected chi connectivity index (χ2v) is 6.09. The van der Waals surface area contributed by atoms with E-state index in [0.717, 1.165) is 0 Å². The van der Waals surface area contributed by atoms with Gasteiger partial charge in [-0.05, 0) is 31.0 Å². The number of carbonyl (C=O) groups excluding carboxylic acids is 2. The zero-order valence-electron chi connectivity index (χ0n) is 15.0. The topological polar surface area (TPSA) is 82.1 Å². The van der Waals surface area contributed by atoms with Gasteiger partial charge in [-0.1, -0.05) is 12.1 Å². The molecule has 25 heavy (non-hydrogen) atoms. The highest BCUT2D eigenvalue weighted by molar-refractivity contribution is 6.35. The molecule has 7 nitrogen and oxygen atoms in total. The van der Waals surface area contributed by atoms with Gasteiger partial charge in [0.25, 0.3) is 0 Å². The normalized spacial score (nSPS) is 14.5. The average Bonchev–Trinajstić information content (AvgIpc) is 2.63. The van der Waals surface area contributed by atoms with Crippen molar-refractivity contribution in [1.29, 1.82) is 0 Å². The summed E-state index contributed by atoms with van der Waals surface area (Å²) < 4.78 is 5.05. The van der Waals surface area contributed by atoms with Crippen LogP contribution < -0.4 is 10.2 Å². The maximum absolute atomic E-state index is 12.2. The minimum atomic E-state index is -0.604. The standard InChI is InChI=1S/C18H27N3O4/c1-14-4-3-5-16(15(14)2)20-7-9-21(10-8-20)18(24)17(23)19-6-12-25-13-11-22/h3-5,22H,6-13H2,1-2H3,(H,19,23). The van der Waals surface area contributed by atoms with Crippen LogP contribution in [0.4, 0.5) is 5.69 Å². The lowest BCUT2D eigenvalue weighted by Crippen LogP contribution is -2.53. The van der Waals surface area contributed by atoms with Gasteiger partial charge in [0.2, 0.25) is 0 Å². The van der Waals surface area contributed by atoms with Gasteiger partial charge in [0.15, 0.2) is 0 Å². The highest BCUT2D eigenvalue weighted by Gasteiger charge is 2.26. The average molecular weight is 349 g/mol. The molecular weight excluding hydrogens is 322 g/mol. The Morgan fingerprint density at radius 3 is 2.56 bits per heavy atom. The molecule has 0 spiro atoms. The minimum Gasteiger partial charge on any atom is -0.394 e. The summed E-state index contributed by atoms with van der Waals surface area (Å²) in [6.07, 6.45) is 0. The van der Waals surface area contributed by atoms with Crippen LogP contribution in [-0.2, 0) is 14.3 Å². The summed E-state index contributed by atoms with van der Waals surface area (Å²) >= 11 is 0. The number of anilines is 1. The maximum Gasteiger partial charge on any atom is 0.312 e. The molecule has 1 aromatic carbocycles. The van der Waals surface area contributed by atoms with E-state index in [1.165, 1.54) is 16.8 Å². The molecule has 0 saturated carbocycles. The van der Waals surface area contributed by atoms with Gasteiger partial charge in [-0.15, -0.1) is 0 Å². The summed E-state index contributed by atoms with van der Waals surface area (Å²) in [4.78, 5) is 27.9. The van der Waals surface area contributed by atoms with Crippen molar-refractivity contribution in [2.45, 2.75) is 13.8 Å². The second-order valence-electron chi connectivity index (χ2n) is 6.09. The SMILES string of the molecule is Cc1cccc(N2CCN(C(=O)C(=O)NCCOCCO)CC2)c1C. The largest absolute Gasteiger partial charge is 0.394 e. The molecule has 0 bridgehead atoms. The highest BCUT2D eigenvalue weighted by atomic mass is 16.5. The van der Waals surface area contributed by atoms with Gasteiger partial charge in [0.1, 0.15) is 0 Å². The number of nitrogens with one attached hydrogen (secondary N) is 1. The van der Waals surface area contributed by atoms with E-state index in [1.807, 2.05) is 6.07 Å². The number of benzene rings is 1. The fourth-order valence-corrected chi connectivity index (χ4v) is 2.85. The summed E-state index contributed by atoms with van der Waals surface area (Å²) in [6, 6.07) is 6.23. The third-order valence-corrected chi connectivity index (χ3v) is 4.45. The molecule has 0 atom stereocenters. The van der Waals surface area contributed by atoms with Crippen LogP contribution in [0.25, 0.3) is 0 Å². The first-order valence-corrected chi connectivity index (χ1v) is 8.61. The van der Waals surface area contributed by atoms with E-state index in [2.05, 4.69) is 36.2 Å². The van der Waals surface area contributed by atoms with Crippen molar-refractivity contribution in [3.05, 3.63) is 29.3 Å². The van der Waals surface area contributed by atoms with Gasteiger partial charge >= 0.3 is 11.8 Å². The first-order valence-electron chi connectivity index (χ1n) is 8.61. The molecule has 1 fully saturated rings. The molecule has 0 unspecified atom stereocenters. The third-order valence-electron chi connectivity index (χ3n) is 4.45. The first-order chi connectivity index (χ1) is 12.0. The molecule has 2 rings (SSSR count). The van der Waals surface area contributed by atoms with E-state index in [9.17, 15) is 9.59 Å². The number of carbonyl (C=O) groups is 2. The highest BCUT2D eigenvalue weighted by Crippen LogP contribution is 2.23. The van der Waals surface area contributed by atoms with Gasteiger partial charge in [-0.2, -0.15) is 0 Å². The van der Waals surface area contributed by atoms with Crippen molar-refractivity contribution < 1.29 is 19.4 Å². The minimum absolute atomic E-state index is 0.0580. The quantitative estimate of drug-likeness (QED) is 0.561. The number of amides is 2. The zero-order chi connectivity index (χ0) is 18.2. The van der Waals surface area contributed by atoms with Crippen molar-refractivity contribution in [2.24, 2.45) is 0 Å².